The molecule has 4 rings (SSSR count). The molecule has 0 aliphatic carbocycles. The van der Waals surface area contributed by atoms with Gasteiger partial charge in [-0.25, -0.2) is 9.18 Å². The lowest BCUT2D eigenvalue weighted by Gasteiger charge is -2.28. The van der Waals surface area contributed by atoms with Crippen LogP contribution in [0.15, 0.2) is 36.7 Å². The fourth-order valence-corrected chi connectivity index (χ4v) is 4.23. The van der Waals surface area contributed by atoms with Crippen molar-refractivity contribution in [1.82, 2.24) is 20.6 Å². The van der Waals surface area contributed by atoms with Gasteiger partial charge in [-0.05, 0) is 52.8 Å². The number of carbonyl (C=O) groups is 2. The second kappa shape index (κ2) is 10.8. The largest absolute Gasteiger partial charge is 0.492 e. The normalized spacial score (nSPS) is 13.3. The molecule has 0 fully saturated rings. The Balaban J connectivity index is 1.69. The highest BCUT2D eigenvalue weighted by Crippen LogP contribution is 2.42. The molecule has 208 valence electrons. The molecule has 2 amide bonds. The molecule has 0 atom stereocenters. The molecule has 0 unspecified atom stereocenters. The van der Waals surface area contributed by atoms with Crippen LogP contribution < -0.4 is 25.4 Å². The van der Waals surface area contributed by atoms with Crippen LogP contribution in [0.4, 0.5) is 20.6 Å². The lowest BCUT2D eigenvalue weighted by atomic mass is 10.0. The summed E-state index contributed by atoms with van der Waals surface area (Å²) >= 11 is 0. The summed E-state index contributed by atoms with van der Waals surface area (Å²) in [6, 6.07) is 6.28. The van der Waals surface area contributed by atoms with Gasteiger partial charge in [-0.3, -0.25) is 9.78 Å². The van der Waals surface area contributed by atoms with Crippen molar-refractivity contribution in [3.8, 4) is 22.8 Å². The van der Waals surface area contributed by atoms with Gasteiger partial charge >= 0.3 is 6.09 Å². The number of benzene rings is 1. The van der Waals surface area contributed by atoms with E-state index in [1.165, 1.54) is 13.2 Å². The van der Waals surface area contributed by atoms with Gasteiger partial charge in [0, 0.05) is 30.4 Å². The third-order valence-electron chi connectivity index (χ3n) is 5.88. The van der Waals surface area contributed by atoms with Crippen molar-refractivity contribution in [3.05, 3.63) is 53.7 Å². The van der Waals surface area contributed by atoms with Gasteiger partial charge in [0.05, 0.1) is 41.5 Å². The average Bonchev–Trinajstić information content (AvgIpc) is 3.21. The number of methoxy groups -OCH3 is 1. The Kier molecular flexibility index (Phi) is 7.71. The second-order valence-corrected chi connectivity index (χ2v) is 10.9. The molecule has 0 radical (unpaired) electrons. The van der Waals surface area contributed by atoms with E-state index < -0.39 is 23.1 Å². The van der Waals surface area contributed by atoms with E-state index in [9.17, 15) is 14.0 Å². The van der Waals surface area contributed by atoms with E-state index in [4.69, 9.17) is 14.2 Å². The zero-order valence-electron chi connectivity index (χ0n) is 23.0. The third kappa shape index (κ3) is 6.42. The van der Waals surface area contributed by atoms with Gasteiger partial charge in [0.2, 0.25) is 0 Å². The summed E-state index contributed by atoms with van der Waals surface area (Å²) in [7, 11) is 1.38. The highest BCUT2D eigenvalue weighted by atomic mass is 19.1. The molecule has 1 aliphatic rings. The number of aromatic nitrogens is 2. The predicted molar refractivity (Wildman–Crippen MR) is 145 cm³/mol. The number of hydrogen-bond acceptors (Lipinski definition) is 7. The maximum Gasteiger partial charge on any atom is 0.408 e. The van der Waals surface area contributed by atoms with Crippen molar-refractivity contribution in [1.29, 1.82) is 0 Å². The van der Waals surface area contributed by atoms with Crippen molar-refractivity contribution in [2.24, 2.45) is 0 Å². The van der Waals surface area contributed by atoms with Crippen LogP contribution in [-0.4, -0.2) is 53.4 Å². The van der Waals surface area contributed by atoms with Crippen molar-refractivity contribution in [2.45, 2.75) is 52.2 Å². The molecule has 2 aromatic heterocycles. The van der Waals surface area contributed by atoms with Gasteiger partial charge in [-0.15, -0.1) is 0 Å². The van der Waals surface area contributed by atoms with Crippen LogP contribution in [0.2, 0.25) is 0 Å². The number of para-hydroxylation sites is 1. The fourth-order valence-electron chi connectivity index (χ4n) is 4.23. The van der Waals surface area contributed by atoms with Crippen LogP contribution in [0, 0.1) is 5.82 Å². The van der Waals surface area contributed by atoms with Crippen LogP contribution in [-0.2, 0) is 11.2 Å². The number of H-pyrrole nitrogens is 1. The van der Waals surface area contributed by atoms with Crippen molar-refractivity contribution >= 4 is 23.4 Å². The number of nitrogens with zero attached hydrogens (tertiary/aromatic N) is 1. The quantitative estimate of drug-likeness (QED) is 0.320. The third-order valence-corrected chi connectivity index (χ3v) is 5.88. The van der Waals surface area contributed by atoms with Crippen molar-refractivity contribution < 1.29 is 28.2 Å². The molecule has 3 heterocycles. The molecular formula is C28H34FN5O5. The molecule has 4 N–H and O–H groups in total. The Morgan fingerprint density at radius 2 is 1.95 bits per heavy atom. The van der Waals surface area contributed by atoms with Crippen LogP contribution in [0.5, 0.6) is 11.5 Å². The first-order valence-electron chi connectivity index (χ1n) is 12.6. The summed E-state index contributed by atoms with van der Waals surface area (Å²) in [4.78, 5) is 32.8. The molecule has 0 saturated heterocycles. The second-order valence-electron chi connectivity index (χ2n) is 10.9. The lowest BCUT2D eigenvalue weighted by Crippen LogP contribution is -2.49. The molecule has 1 aliphatic heterocycles. The lowest BCUT2D eigenvalue weighted by molar-refractivity contribution is 0.0441. The van der Waals surface area contributed by atoms with Gasteiger partial charge in [-0.2, -0.15) is 0 Å². The molecule has 1 aromatic carbocycles. The van der Waals surface area contributed by atoms with E-state index in [2.05, 4.69) is 25.9 Å². The Labute approximate surface area is 226 Å². The SMILES string of the molecule is COc1c(F)cccc1Nc1c(-c2ccncc2OCC(C)(C)NC(=O)OC(C)(C)C)[nH]c2c1C(=O)NCC2. The highest BCUT2D eigenvalue weighted by molar-refractivity contribution is 6.06. The number of carbonyl (C=O) groups excluding carboxylic acids is 2. The summed E-state index contributed by atoms with van der Waals surface area (Å²) in [6.07, 6.45) is 3.20. The van der Waals surface area contributed by atoms with Crippen LogP contribution in [0.25, 0.3) is 11.3 Å². The monoisotopic (exact) mass is 539 g/mol. The topological polar surface area (TPSA) is 127 Å². The predicted octanol–water partition coefficient (Wildman–Crippen LogP) is 4.94. The average molecular weight is 540 g/mol. The maximum atomic E-state index is 14.5. The highest BCUT2D eigenvalue weighted by Gasteiger charge is 2.30. The summed E-state index contributed by atoms with van der Waals surface area (Å²) in [5.41, 5.74) is 1.76. The molecule has 0 spiro atoms. The molecular weight excluding hydrogens is 505 g/mol. The number of fused-ring (bicyclic) bond motifs is 1. The van der Waals surface area contributed by atoms with Crippen molar-refractivity contribution in [2.75, 3.05) is 25.6 Å². The first-order chi connectivity index (χ1) is 18.4. The van der Waals surface area contributed by atoms with Gasteiger partial charge in [0.25, 0.3) is 5.91 Å². The smallest absolute Gasteiger partial charge is 0.408 e. The number of amides is 2. The fraction of sp³-hybridized carbons (Fsp3) is 0.393. The van der Waals surface area contributed by atoms with Crippen LogP contribution in [0.3, 0.4) is 0 Å². The first kappa shape index (κ1) is 27.7. The minimum absolute atomic E-state index is 0.0239. The summed E-state index contributed by atoms with van der Waals surface area (Å²) < 4.78 is 31.3. The number of rotatable bonds is 8. The summed E-state index contributed by atoms with van der Waals surface area (Å²) in [6.45, 7) is 9.59. The first-order valence-corrected chi connectivity index (χ1v) is 12.6. The number of halogens is 1. The van der Waals surface area contributed by atoms with E-state index in [0.29, 0.717) is 46.9 Å². The Bertz CT molecular complexity index is 1380. The van der Waals surface area contributed by atoms with Gasteiger partial charge in [-0.1, -0.05) is 6.07 Å². The summed E-state index contributed by atoms with van der Waals surface area (Å²) in [5.74, 6) is -0.345. The maximum absolute atomic E-state index is 14.5. The number of nitrogens with one attached hydrogen (secondary N) is 4. The number of anilines is 2. The van der Waals surface area contributed by atoms with E-state index >= 15 is 0 Å². The van der Waals surface area contributed by atoms with E-state index in [1.807, 2.05) is 13.8 Å². The molecule has 10 nitrogen and oxygen atoms in total. The number of hydrogen-bond donors (Lipinski definition) is 4. The van der Waals surface area contributed by atoms with Gasteiger partial charge < -0.3 is 35.1 Å². The van der Waals surface area contributed by atoms with E-state index in [-0.39, 0.29) is 18.3 Å². The Hall–Kier alpha value is -4.28. The zero-order chi connectivity index (χ0) is 28.4. The number of aromatic amines is 1. The van der Waals surface area contributed by atoms with E-state index in [0.717, 1.165) is 5.69 Å². The van der Waals surface area contributed by atoms with E-state index in [1.54, 1.807) is 51.4 Å². The molecule has 11 heteroatoms. The zero-order valence-corrected chi connectivity index (χ0v) is 23.0. The number of ether oxygens (including phenoxy) is 3. The minimum Gasteiger partial charge on any atom is -0.492 e. The number of pyridine rings is 1. The Morgan fingerprint density at radius 1 is 1.18 bits per heavy atom. The summed E-state index contributed by atoms with van der Waals surface area (Å²) in [5, 5.41) is 8.89. The molecule has 0 bridgehead atoms. The molecule has 3 aromatic rings. The van der Waals surface area contributed by atoms with Gasteiger partial charge in [0.1, 0.15) is 18.0 Å². The number of alkyl carbamates (subject to hydrolysis) is 1. The standard InChI is InChI=1S/C28H34FN5O5/c1-27(2,3)39-26(36)34-28(4,5)15-38-20-14-30-12-10-16(20)22-23(21-18(32-22)11-13-31-25(21)35)33-19-9-7-8-17(29)24(19)37-6/h7-10,12,14,32-33H,11,13,15H2,1-6H3,(H,31,35)(H,34,36). The molecule has 0 saturated carbocycles. The Morgan fingerprint density at radius 3 is 2.67 bits per heavy atom. The van der Waals surface area contributed by atoms with Gasteiger partial charge in [0.15, 0.2) is 11.6 Å². The minimum atomic E-state index is -0.777. The molecule has 39 heavy (non-hydrogen) atoms. The van der Waals surface area contributed by atoms with Crippen LogP contribution >= 0.6 is 0 Å². The van der Waals surface area contributed by atoms with Crippen LogP contribution in [0.1, 0.15) is 50.7 Å². The van der Waals surface area contributed by atoms with Crippen molar-refractivity contribution in [3.63, 3.8) is 0 Å².